The van der Waals surface area contributed by atoms with Crippen molar-refractivity contribution in [1.82, 2.24) is 9.80 Å². The SMILES string of the molecule is CCOC(=O)CN1CCC(N2CCN(c3ccc(C#N)cc3)CC2)C(CCC(=O)O)C1.Cl.Cl. The Kier molecular flexibility index (Phi) is 12.5. The average molecular weight is 501 g/mol. The Morgan fingerprint density at radius 2 is 1.79 bits per heavy atom. The molecule has 0 aliphatic carbocycles. The van der Waals surface area contributed by atoms with Crippen LogP contribution >= 0.6 is 24.8 Å². The van der Waals surface area contributed by atoms with E-state index in [1.165, 1.54) is 0 Å². The Balaban J connectivity index is 0.00000272. The number of nitrogens with zero attached hydrogens (tertiary/aromatic N) is 4. The molecule has 184 valence electrons. The molecule has 2 unspecified atom stereocenters. The highest BCUT2D eigenvalue weighted by atomic mass is 35.5. The van der Waals surface area contributed by atoms with Crippen LogP contribution in [0.15, 0.2) is 24.3 Å². The van der Waals surface area contributed by atoms with Gasteiger partial charge in [-0.2, -0.15) is 5.26 Å². The summed E-state index contributed by atoms with van der Waals surface area (Å²) in [5.41, 5.74) is 1.79. The van der Waals surface area contributed by atoms with Gasteiger partial charge >= 0.3 is 11.9 Å². The second-order valence-electron chi connectivity index (χ2n) is 8.27. The molecule has 0 bridgehead atoms. The molecule has 1 aromatic rings. The minimum atomic E-state index is -0.771. The number of nitriles is 1. The molecule has 0 aromatic heterocycles. The molecule has 1 N–H and O–H groups in total. The molecule has 0 amide bonds. The Morgan fingerprint density at radius 1 is 1.12 bits per heavy atom. The third-order valence-electron chi connectivity index (χ3n) is 6.31. The van der Waals surface area contributed by atoms with Crippen molar-refractivity contribution in [2.24, 2.45) is 5.92 Å². The Labute approximate surface area is 208 Å². The van der Waals surface area contributed by atoms with Crippen molar-refractivity contribution in [1.29, 1.82) is 5.26 Å². The maximum absolute atomic E-state index is 11.9. The van der Waals surface area contributed by atoms with Gasteiger partial charge in [0.05, 0.1) is 24.8 Å². The smallest absolute Gasteiger partial charge is 0.320 e. The van der Waals surface area contributed by atoms with Crippen LogP contribution in [0, 0.1) is 17.2 Å². The molecule has 3 rings (SSSR count). The standard InChI is InChI=1S/C23H32N4O4.2ClH/c1-2-31-23(30)17-25-10-9-21(19(16-25)5-8-22(28)29)27-13-11-26(12-14-27)20-6-3-18(15-24)4-7-20;;/h3-4,6-7,19,21H,2,5,8-14,16-17H2,1H3,(H,28,29);2*1H. The fourth-order valence-electron chi connectivity index (χ4n) is 4.76. The highest BCUT2D eigenvalue weighted by molar-refractivity contribution is 5.85. The summed E-state index contributed by atoms with van der Waals surface area (Å²) in [5.74, 6) is -0.762. The molecule has 0 radical (unpaired) electrons. The summed E-state index contributed by atoms with van der Waals surface area (Å²) in [6.45, 7) is 7.66. The lowest BCUT2D eigenvalue weighted by Crippen LogP contribution is -2.57. The summed E-state index contributed by atoms with van der Waals surface area (Å²) in [6, 6.07) is 10.2. The van der Waals surface area contributed by atoms with Crippen LogP contribution in [0.4, 0.5) is 5.69 Å². The molecule has 1 aromatic carbocycles. The first kappa shape index (κ1) is 29.0. The number of aliphatic carboxylic acids is 1. The number of hydrogen-bond donors (Lipinski definition) is 1. The summed E-state index contributed by atoms with van der Waals surface area (Å²) < 4.78 is 5.08. The monoisotopic (exact) mass is 500 g/mol. The van der Waals surface area contributed by atoms with Gasteiger partial charge < -0.3 is 14.7 Å². The Hall–Kier alpha value is -2.05. The van der Waals surface area contributed by atoms with E-state index in [4.69, 9.17) is 10.00 Å². The maximum atomic E-state index is 11.9. The number of rotatable bonds is 8. The minimum Gasteiger partial charge on any atom is -0.481 e. The van der Waals surface area contributed by atoms with E-state index in [1.807, 2.05) is 24.3 Å². The van der Waals surface area contributed by atoms with E-state index in [1.54, 1.807) is 6.92 Å². The summed E-state index contributed by atoms with van der Waals surface area (Å²) in [4.78, 5) is 30.0. The molecule has 2 aliphatic heterocycles. The van der Waals surface area contributed by atoms with Gasteiger partial charge in [-0.05, 0) is 49.9 Å². The third kappa shape index (κ3) is 8.35. The number of anilines is 1. The van der Waals surface area contributed by atoms with Crippen molar-refractivity contribution in [3.63, 3.8) is 0 Å². The van der Waals surface area contributed by atoms with E-state index in [9.17, 15) is 14.7 Å². The molecule has 2 heterocycles. The number of piperidine rings is 1. The first-order valence-electron chi connectivity index (χ1n) is 11.1. The van der Waals surface area contributed by atoms with Crippen molar-refractivity contribution in [3.05, 3.63) is 29.8 Å². The van der Waals surface area contributed by atoms with Gasteiger partial charge in [0.25, 0.3) is 0 Å². The normalized spacial score (nSPS) is 21.3. The first-order valence-corrected chi connectivity index (χ1v) is 11.1. The van der Waals surface area contributed by atoms with Crippen LogP contribution in [0.25, 0.3) is 0 Å². The largest absolute Gasteiger partial charge is 0.481 e. The molecule has 2 saturated heterocycles. The van der Waals surface area contributed by atoms with E-state index in [-0.39, 0.29) is 49.7 Å². The van der Waals surface area contributed by atoms with Crippen LogP contribution in [0.1, 0.15) is 31.7 Å². The second kappa shape index (κ2) is 14.3. The number of likely N-dealkylation sites (tertiary alicyclic amines) is 1. The molecule has 2 aliphatic rings. The van der Waals surface area contributed by atoms with Gasteiger partial charge in [-0.3, -0.25) is 19.4 Å². The maximum Gasteiger partial charge on any atom is 0.320 e. The zero-order valence-corrected chi connectivity index (χ0v) is 20.7. The number of carboxylic acids is 1. The molecular weight excluding hydrogens is 467 g/mol. The number of piperazine rings is 1. The molecule has 33 heavy (non-hydrogen) atoms. The van der Waals surface area contributed by atoms with Crippen LogP contribution in [0.3, 0.4) is 0 Å². The molecular formula is C23H34Cl2N4O4. The van der Waals surface area contributed by atoms with Gasteiger partial charge in [-0.1, -0.05) is 0 Å². The van der Waals surface area contributed by atoms with Crippen LogP contribution in [-0.4, -0.2) is 85.3 Å². The number of ether oxygens (including phenoxy) is 1. The highest BCUT2D eigenvalue weighted by Gasteiger charge is 2.35. The first-order chi connectivity index (χ1) is 15.0. The molecule has 2 atom stereocenters. The van der Waals surface area contributed by atoms with Crippen LogP contribution in [-0.2, 0) is 14.3 Å². The van der Waals surface area contributed by atoms with Crippen molar-refractivity contribution in [2.75, 3.05) is 57.3 Å². The quantitative estimate of drug-likeness (QED) is 0.544. The summed E-state index contributed by atoms with van der Waals surface area (Å²) in [7, 11) is 0. The zero-order valence-electron chi connectivity index (χ0n) is 19.0. The topological polar surface area (TPSA) is 97.1 Å². The van der Waals surface area contributed by atoms with Crippen molar-refractivity contribution in [3.8, 4) is 6.07 Å². The van der Waals surface area contributed by atoms with E-state index in [0.717, 1.165) is 51.4 Å². The van der Waals surface area contributed by atoms with Crippen molar-refractivity contribution >= 4 is 42.4 Å². The van der Waals surface area contributed by atoms with Crippen LogP contribution < -0.4 is 4.90 Å². The summed E-state index contributed by atoms with van der Waals surface area (Å²) in [5, 5.41) is 18.2. The Morgan fingerprint density at radius 3 is 2.36 bits per heavy atom. The number of carboxylic acid groups (broad SMARTS) is 1. The van der Waals surface area contributed by atoms with Gasteiger partial charge in [0, 0.05) is 57.4 Å². The predicted molar refractivity (Wildman–Crippen MR) is 131 cm³/mol. The number of carbonyl (C=O) groups is 2. The van der Waals surface area contributed by atoms with Crippen molar-refractivity contribution in [2.45, 2.75) is 32.2 Å². The lowest BCUT2D eigenvalue weighted by molar-refractivity contribution is -0.145. The van der Waals surface area contributed by atoms with Gasteiger partial charge in [0.2, 0.25) is 0 Å². The van der Waals surface area contributed by atoms with Crippen molar-refractivity contribution < 1.29 is 19.4 Å². The van der Waals surface area contributed by atoms with E-state index < -0.39 is 5.97 Å². The molecule has 8 nitrogen and oxygen atoms in total. The minimum absolute atomic E-state index is 0. The fraction of sp³-hybridized carbons (Fsp3) is 0.609. The fourth-order valence-corrected chi connectivity index (χ4v) is 4.76. The van der Waals surface area contributed by atoms with Gasteiger partial charge in [-0.15, -0.1) is 24.8 Å². The highest BCUT2D eigenvalue weighted by Crippen LogP contribution is 2.28. The zero-order chi connectivity index (χ0) is 22.2. The van der Waals surface area contributed by atoms with Gasteiger partial charge in [-0.25, -0.2) is 0 Å². The van der Waals surface area contributed by atoms with Gasteiger partial charge in [0.1, 0.15) is 0 Å². The van der Waals surface area contributed by atoms with Gasteiger partial charge in [0.15, 0.2) is 0 Å². The number of hydrogen-bond acceptors (Lipinski definition) is 7. The molecule has 0 saturated carbocycles. The lowest BCUT2D eigenvalue weighted by atomic mass is 9.86. The third-order valence-corrected chi connectivity index (χ3v) is 6.31. The Bertz CT molecular complexity index is 795. The lowest BCUT2D eigenvalue weighted by Gasteiger charge is -2.47. The van der Waals surface area contributed by atoms with Crippen LogP contribution in [0.2, 0.25) is 0 Å². The molecule has 10 heteroatoms. The van der Waals surface area contributed by atoms with E-state index >= 15 is 0 Å². The summed E-state index contributed by atoms with van der Waals surface area (Å²) >= 11 is 0. The average Bonchev–Trinajstić information content (AvgIpc) is 2.78. The number of esters is 1. The van der Waals surface area contributed by atoms with Crippen LogP contribution in [0.5, 0.6) is 0 Å². The van der Waals surface area contributed by atoms with E-state index in [0.29, 0.717) is 24.6 Å². The molecule has 2 fully saturated rings. The molecule has 0 spiro atoms. The predicted octanol–water partition coefficient (Wildman–Crippen LogP) is 2.64. The van der Waals surface area contributed by atoms with E-state index in [2.05, 4.69) is 20.8 Å². The summed E-state index contributed by atoms with van der Waals surface area (Å²) in [6.07, 6.45) is 1.70. The second-order valence-corrected chi connectivity index (χ2v) is 8.27. The number of carbonyl (C=O) groups excluding carboxylic acids is 1. The number of benzene rings is 1. The number of halogens is 2.